The molecular weight excluding hydrogens is 268 g/mol. The Bertz CT molecular complexity index is 450. The van der Waals surface area contributed by atoms with Crippen molar-refractivity contribution in [2.45, 2.75) is 52.4 Å². The first-order chi connectivity index (χ1) is 9.55. The van der Waals surface area contributed by atoms with Gasteiger partial charge in [-0.15, -0.1) is 11.3 Å². The quantitative estimate of drug-likeness (QED) is 0.685. The lowest BCUT2D eigenvalue weighted by atomic mass is 9.96. The summed E-state index contributed by atoms with van der Waals surface area (Å²) in [6, 6.07) is 4.58. The van der Waals surface area contributed by atoms with Crippen LogP contribution in [-0.4, -0.2) is 13.1 Å². The summed E-state index contributed by atoms with van der Waals surface area (Å²) in [5.41, 5.74) is 0. The van der Waals surface area contributed by atoms with E-state index in [9.17, 15) is 4.79 Å². The van der Waals surface area contributed by atoms with Crippen molar-refractivity contribution < 1.29 is 9.53 Å². The largest absolute Gasteiger partial charge is 0.469 e. The summed E-state index contributed by atoms with van der Waals surface area (Å²) in [6.07, 6.45) is 4.49. The molecule has 112 valence electrons. The molecule has 2 nitrogen and oxygen atoms in total. The lowest BCUT2D eigenvalue weighted by Crippen LogP contribution is -2.06. The van der Waals surface area contributed by atoms with Gasteiger partial charge < -0.3 is 4.74 Å². The van der Waals surface area contributed by atoms with Gasteiger partial charge in [0, 0.05) is 9.75 Å². The first kappa shape index (κ1) is 15.6. The van der Waals surface area contributed by atoms with E-state index in [4.69, 9.17) is 4.74 Å². The van der Waals surface area contributed by atoms with Crippen LogP contribution in [0.4, 0.5) is 0 Å². The van der Waals surface area contributed by atoms with Crippen molar-refractivity contribution in [2.75, 3.05) is 7.11 Å². The molecule has 0 N–H and O–H groups in total. The molecule has 3 heteroatoms. The van der Waals surface area contributed by atoms with Crippen LogP contribution in [0, 0.1) is 17.8 Å². The van der Waals surface area contributed by atoms with Crippen LogP contribution in [0.2, 0.25) is 0 Å². The Hall–Kier alpha value is -0.830. The third-order valence-corrected chi connectivity index (χ3v) is 5.47. The topological polar surface area (TPSA) is 26.3 Å². The number of rotatable bonds is 7. The highest BCUT2D eigenvalue weighted by molar-refractivity contribution is 7.12. The number of esters is 1. The third kappa shape index (κ3) is 3.85. The van der Waals surface area contributed by atoms with Gasteiger partial charge in [-0.1, -0.05) is 20.8 Å². The number of ether oxygens (including phenoxy) is 1. The van der Waals surface area contributed by atoms with E-state index in [1.807, 2.05) is 11.3 Å². The Morgan fingerprint density at radius 2 is 2.20 bits per heavy atom. The van der Waals surface area contributed by atoms with Crippen molar-refractivity contribution in [1.29, 1.82) is 0 Å². The average Bonchev–Trinajstić information content (AvgIpc) is 3.05. The zero-order valence-corrected chi connectivity index (χ0v) is 13.8. The van der Waals surface area contributed by atoms with E-state index in [1.54, 1.807) is 0 Å². The summed E-state index contributed by atoms with van der Waals surface area (Å²) in [5.74, 6) is 2.03. The van der Waals surface area contributed by atoms with Gasteiger partial charge in [0.2, 0.25) is 0 Å². The maximum absolute atomic E-state index is 11.5. The highest BCUT2D eigenvalue weighted by atomic mass is 32.1. The Kier molecular flexibility index (Phi) is 5.25. The van der Waals surface area contributed by atoms with Gasteiger partial charge in [0.1, 0.15) is 0 Å². The third-order valence-electron chi connectivity index (χ3n) is 4.20. The molecule has 1 heterocycles. The second-order valence-electron chi connectivity index (χ2n) is 6.37. The normalized spacial score (nSPS) is 22.9. The first-order valence-electron chi connectivity index (χ1n) is 7.71. The van der Waals surface area contributed by atoms with Crippen LogP contribution in [0.25, 0.3) is 0 Å². The van der Waals surface area contributed by atoms with Crippen LogP contribution in [0.5, 0.6) is 0 Å². The summed E-state index contributed by atoms with van der Waals surface area (Å²) < 4.78 is 4.84. The van der Waals surface area contributed by atoms with Gasteiger partial charge >= 0.3 is 5.97 Å². The number of carbonyl (C=O) groups excluding carboxylic acids is 1. The second kappa shape index (κ2) is 6.75. The minimum atomic E-state index is -0.0171. The molecular formula is C17H26O2S. The Balaban J connectivity index is 1.92. The van der Waals surface area contributed by atoms with Gasteiger partial charge in [-0.25, -0.2) is 0 Å². The lowest BCUT2D eigenvalue weighted by Gasteiger charge is -2.12. The number of hydrogen-bond donors (Lipinski definition) is 0. The molecule has 0 bridgehead atoms. The van der Waals surface area contributed by atoms with Crippen LogP contribution in [0.1, 0.15) is 55.7 Å². The van der Waals surface area contributed by atoms with Crippen LogP contribution in [-0.2, 0) is 16.0 Å². The average molecular weight is 294 g/mol. The van der Waals surface area contributed by atoms with E-state index >= 15 is 0 Å². The van der Waals surface area contributed by atoms with Crippen LogP contribution >= 0.6 is 11.3 Å². The zero-order valence-electron chi connectivity index (χ0n) is 13.0. The number of methoxy groups -OCH3 is 1. The van der Waals surface area contributed by atoms with Gasteiger partial charge in [0.05, 0.1) is 13.0 Å². The van der Waals surface area contributed by atoms with Gasteiger partial charge in [-0.3, -0.25) is 4.79 Å². The van der Waals surface area contributed by atoms with E-state index in [0.717, 1.165) is 19.3 Å². The summed E-state index contributed by atoms with van der Waals surface area (Å²) >= 11 is 1.96. The smallest absolute Gasteiger partial charge is 0.308 e. The molecule has 1 aliphatic rings. The number of hydrogen-bond acceptors (Lipinski definition) is 3. The monoisotopic (exact) mass is 294 g/mol. The molecule has 1 aromatic rings. The number of thiophene rings is 1. The molecule has 0 aromatic carbocycles. The van der Waals surface area contributed by atoms with Crippen molar-refractivity contribution in [3.63, 3.8) is 0 Å². The fourth-order valence-electron chi connectivity index (χ4n) is 2.92. The minimum Gasteiger partial charge on any atom is -0.469 e. The van der Waals surface area contributed by atoms with Gasteiger partial charge in [0.15, 0.2) is 0 Å². The van der Waals surface area contributed by atoms with E-state index in [0.29, 0.717) is 17.8 Å². The molecule has 3 unspecified atom stereocenters. The molecule has 3 atom stereocenters. The van der Waals surface area contributed by atoms with Crippen molar-refractivity contribution in [2.24, 2.45) is 17.8 Å². The van der Waals surface area contributed by atoms with Crippen LogP contribution in [0.15, 0.2) is 12.1 Å². The predicted molar refractivity (Wildman–Crippen MR) is 84.1 cm³/mol. The molecule has 20 heavy (non-hydrogen) atoms. The second-order valence-corrected chi connectivity index (χ2v) is 7.57. The van der Waals surface area contributed by atoms with Crippen LogP contribution < -0.4 is 0 Å². The van der Waals surface area contributed by atoms with E-state index in [2.05, 4.69) is 32.9 Å². The summed E-state index contributed by atoms with van der Waals surface area (Å²) in [5, 5.41) is 0. The minimum absolute atomic E-state index is 0.0171. The lowest BCUT2D eigenvalue weighted by molar-refractivity contribution is -0.142. The Labute approximate surface area is 126 Å². The zero-order chi connectivity index (χ0) is 14.7. The summed E-state index contributed by atoms with van der Waals surface area (Å²) in [7, 11) is 1.49. The first-order valence-corrected chi connectivity index (χ1v) is 8.53. The van der Waals surface area contributed by atoms with Crippen molar-refractivity contribution in [3.8, 4) is 0 Å². The SMILES string of the molecule is CCC(CC1CC1C(=O)OC)c1ccc(CC(C)C)s1. The number of carbonyl (C=O) groups is 1. The molecule has 0 radical (unpaired) electrons. The molecule has 2 rings (SSSR count). The molecule has 1 fully saturated rings. The summed E-state index contributed by atoms with van der Waals surface area (Å²) in [4.78, 5) is 14.5. The highest BCUT2D eigenvalue weighted by Crippen LogP contribution is 2.47. The Morgan fingerprint density at radius 1 is 1.45 bits per heavy atom. The molecule has 1 aliphatic carbocycles. The fraction of sp³-hybridized carbons (Fsp3) is 0.706. The van der Waals surface area contributed by atoms with E-state index in [1.165, 1.54) is 23.3 Å². The van der Waals surface area contributed by atoms with Crippen LogP contribution in [0.3, 0.4) is 0 Å². The van der Waals surface area contributed by atoms with Crippen molar-refractivity contribution in [1.82, 2.24) is 0 Å². The standard InChI is InChI=1S/C17H26O2S/c1-5-12(9-13-10-15(13)17(18)19-4)16-7-6-14(20-16)8-11(2)3/h6-7,11-13,15H,5,8-10H2,1-4H3. The molecule has 0 spiro atoms. The van der Waals surface area contributed by atoms with E-state index < -0.39 is 0 Å². The van der Waals surface area contributed by atoms with Crippen molar-refractivity contribution in [3.05, 3.63) is 21.9 Å². The molecule has 0 saturated heterocycles. The highest BCUT2D eigenvalue weighted by Gasteiger charge is 2.44. The van der Waals surface area contributed by atoms with Gasteiger partial charge in [0.25, 0.3) is 0 Å². The molecule has 0 amide bonds. The maximum Gasteiger partial charge on any atom is 0.308 e. The molecule has 1 aromatic heterocycles. The molecule has 1 saturated carbocycles. The van der Waals surface area contributed by atoms with Gasteiger partial charge in [-0.2, -0.15) is 0 Å². The fourth-order valence-corrected chi connectivity index (χ4v) is 4.34. The Morgan fingerprint density at radius 3 is 2.80 bits per heavy atom. The predicted octanol–water partition coefficient (Wildman–Crippen LogP) is 4.64. The summed E-state index contributed by atoms with van der Waals surface area (Å²) in [6.45, 7) is 6.78. The van der Waals surface area contributed by atoms with Crippen molar-refractivity contribution >= 4 is 17.3 Å². The maximum atomic E-state index is 11.5. The van der Waals surface area contributed by atoms with E-state index in [-0.39, 0.29) is 11.9 Å². The van der Waals surface area contributed by atoms with Gasteiger partial charge in [-0.05, 0) is 55.6 Å². The molecule has 0 aliphatic heterocycles.